The van der Waals surface area contributed by atoms with Crippen LogP contribution in [0.15, 0.2) is 48.5 Å². The highest BCUT2D eigenvalue weighted by Gasteiger charge is 2.09. The topological polar surface area (TPSA) is 30.5 Å². The maximum atomic E-state index is 5.97. The smallest absolute Gasteiger partial charge is 0.127 e. The van der Waals surface area contributed by atoms with Gasteiger partial charge in [-0.25, -0.2) is 0 Å². The lowest BCUT2D eigenvalue weighted by molar-refractivity contribution is 0.227. The maximum absolute atomic E-state index is 5.97. The van der Waals surface area contributed by atoms with Gasteiger partial charge in [-0.15, -0.1) is 0 Å². The van der Waals surface area contributed by atoms with Crippen LogP contribution in [0.25, 0.3) is 0 Å². The van der Waals surface area contributed by atoms with Crippen LogP contribution in [0.1, 0.15) is 45.2 Å². The Labute approximate surface area is 152 Å². The summed E-state index contributed by atoms with van der Waals surface area (Å²) in [6.07, 6.45) is 2.53. The fourth-order valence-corrected chi connectivity index (χ4v) is 2.68. The van der Waals surface area contributed by atoms with E-state index in [0.29, 0.717) is 0 Å². The van der Waals surface area contributed by atoms with E-state index < -0.39 is 0 Å². The van der Waals surface area contributed by atoms with E-state index in [-0.39, 0.29) is 12.2 Å². The summed E-state index contributed by atoms with van der Waals surface area (Å²) in [5.41, 5.74) is 2.56. The minimum absolute atomic E-state index is 0.145. The predicted octanol–water partition coefficient (Wildman–Crippen LogP) is 4.98. The maximum Gasteiger partial charge on any atom is 0.127 e. The Hall–Kier alpha value is -2.00. The normalized spacial score (nSPS) is 11.1. The van der Waals surface area contributed by atoms with Crippen molar-refractivity contribution < 1.29 is 9.47 Å². The average Bonchev–Trinajstić information content (AvgIpc) is 2.56. The number of rotatable bonds is 10. The Balaban J connectivity index is 1.86. The molecule has 136 valence electrons. The summed E-state index contributed by atoms with van der Waals surface area (Å²) in [7, 11) is 0. The Morgan fingerprint density at radius 2 is 1.60 bits per heavy atom. The summed E-state index contributed by atoms with van der Waals surface area (Å²) in [6.45, 7) is 9.95. The molecule has 2 rings (SSSR count). The highest BCUT2D eigenvalue weighted by atomic mass is 16.5. The van der Waals surface area contributed by atoms with E-state index in [9.17, 15) is 0 Å². The third kappa shape index (κ3) is 7.18. The lowest BCUT2D eigenvalue weighted by Crippen LogP contribution is -2.17. The summed E-state index contributed by atoms with van der Waals surface area (Å²) in [5.74, 6) is 1.77. The van der Waals surface area contributed by atoms with Crippen molar-refractivity contribution in [3.63, 3.8) is 0 Å². The van der Waals surface area contributed by atoms with Gasteiger partial charge < -0.3 is 14.8 Å². The van der Waals surface area contributed by atoms with Crippen LogP contribution < -0.4 is 14.8 Å². The molecular weight excluding hydrogens is 310 g/mol. The molecule has 0 unspecified atom stereocenters. The lowest BCUT2D eigenvalue weighted by Gasteiger charge is -2.17. The van der Waals surface area contributed by atoms with Crippen molar-refractivity contribution in [2.45, 2.75) is 59.3 Å². The van der Waals surface area contributed by atoms with Crippen LogP contribution >= 0.6 is 0 Å². The first kappa shape index (κ1) is 19.3. The van der Waals surface area contributed by atoms with Crippen molar-refractivity contribution in [3.8, 4) is 11.5 Å². The zero-order valence-electron chi connectivity index (χ0n) is 15.9. The van der Waals surface area contributed by atoms with E-state index in [1.807, 2.05) is 39.8 Å². The second kappa shape index (κ2) is 10.1. The van der Waals surface area contributed by atoms with Crippen molar-refractivity contribution in [2.75, 3.05) is 6.54 Å². The van der Waals surface area contributed by atoms with E-state index in [2.05, 4.69) is 41.7 Å². The molecular formula is C22H31NO2. The van der Waals surface area contributed by atoms with Crippen LogP contribution in [0.4, 0.5) is 0 Å². The standard InChI is InChI=1S/C22H31NO2/c1-17(2)24-21-13-12-20(22(15-21)25-18(3)4)16-23-14-8-11-19-9-6-5-7-10-19/h5-7,9-10,12-13,15,17-18,23H,8,11,14,16H2,1-4H3. The lowest BCUT2D eigenvalue weighted by atomic mass is 10.1. The highest BCUT2D eigenvalue weighted by molar-refractivity contribution is 5.41. The molecule has 3 heteroatoms. The molecule has 0 aliphatic rings. The molecule has 25 heavy (non-hydrogen) atoms. The van der Waals surface area contributed by atoms with Gasteiger partial charge >= 0.3 is 0 Å². The van der Waals surface area contributed by atoms with Gasteiger partial charge in [0.05, 0.1) is 12.2 Å². The van der Waals surface area contributed by atoms with E-state index in [1.54, 1.807) is 0 Å². The molecule has 2 aromatic carbocycles. The molecule has 0 spiro atoms. The minimum atomic E-state index is 0.145. The van der Waals surface area contributed by atoms with Gasteiger partial charge in [0.2, 0.25) is 0 Å². The van der Waals surface area contributed by atoms with Gasteiger partial charge in [-0.1, -0.05) is 36.4 Å². The first-order valence-electron chi connectivity index (χ1n) is 9.25. The second-order valence-corrected chi connectivity index (χ2v) is 6.87. The zero-order valence-corrected chi connectivity index (χ0v) is 15.9. The molecule has 2 aromatic rings. The number of ether oxygens (including phenoxy) is 2. The molecule has 0 aliphatic heterocycles. The number of nitrogens with one attached hydrogen (secondary N) is 1. The Kier molecular flexibility index (Phi) is 7.80. The fourth-order valence-electron chi connectivity index (χ4n) is 2.68. The van der Waals surface area contributed by atoms with Gasteiger partial charge in [-0.3, -0.25) is 0 Å². The summed E-state index contributed by atoms with van der Waals surface area (Å²) in [5, 5.41) is 3.52. The van der Waals surface area contributed by atoms with Crippen LogP contribution in [0.2, 0.25) is 0 Å². The van der Waals surface area contributed by atoms with Crippen molar-refractivity contribution in [1.29, 1.82) is 0 Å². The van der Waals surface area contributed by atoms with Crippen LogP contribution in [0, 0.1) is 0 Å². The monoisotopic (exact) mass is 341 g/mol. The number of hydrogen-bond donors (Lipinski definition) is 1. The molecule has 0 saturated carbocycles. The largest absolute Gasteiger partial charge is 0.491 e. The highest BCUT2D eigenvalue weighted by Crippen LogP contribution is 2.26. The molecule has 3 nitrogen and oxygen atoms in total. The quantitative estimate of drug-likeness (QED) is 0.618. The van der Waals surface area contributed by atoms with Crippen molar-refractivity contribution in [2.24, 2.45) is 0 Å². The van der Waals surface area contributed by atoms with Crippen molar-refractivity contribution in [1.82, 2.24) is 5.32 Å². The van der Waals surface area contributed by atoms with Gasteiger partial charge in [0.15, 0.2) is 0 Å². The molecule has 0 radical (unpaired) electrons. The zero-order chi connectivity index (χ0) is 18.1. The average molecular weight is 341 g/mol. The third-order valence-electron chi connectivity index (χ3n) is 3.75. The molecule has 1 N–H and O–H groups in total. The first-order chi connectivity index (χ1) is 12.0. The SMILES string of the molecule is CC(C)Oc1ccc(CNCCCc2ccccc2)c(OC(C)C)c1. The molecule has 0 heterocycles. The van der Waals surface area contributed by atoms with E-state index >= 15 is 0 Å². The van der Waals surface area contributed by atoms with Crippen molar-refractivity contribution >= 4 is 0 Å². The van der Waals surface area contributed by atoms with Gasteiger partial charge in [-0.05, 0) is 58.7 Å². The fraction of sp³-hybridized carbons (Fsp3) is 0.455. The summed E-state index contributed by atoms with van der Waals surface area (Å²) >= 11 is 0. The summed E-state index contributed by atoms with van der Waals surface area (Å²) in [4.78, 5) is 0. The number of hydrogen-bond acceptors (Lipinski definition) is 3. The number of benzene rings is 2. The van der Waals surface area contributed by atoms with Gasteiger partial charge in [0.25, 0.3) is 0 Å². The molecule has 0 aliphatic carbocycles. The molecule has 0 fully saturated rings. The molecule has 0 bridgehead atoms. The summed E-state index contributed by atoms with van der Waals surface area (Å²) < 4.78 is 11.8. The molecule has 0 atom stereocenters. The summed E-state index contributed by atoms with van der Waals surface area (Å²) in [6, 6.07) is 16.7. The van der Waals surface area contributed by atoms with Gasteiger partial charge in [0, 0.05) is 18.2 Å². The van der Waals surface area contributed by atoms with Crippen LogP contribution in [0.5, 0.6) is 11.5 Å². The molecule has 0 amide bonds. The Bertz CT molecular complexity index is 623. The number of aryl methyl sites for hydroxylation is 1. The van der Waals surface area contributed by atoms with Crippen LogP contribution in [-0.2, 0) is 13.0 Å². The second-order valence-electron chi connectivity index (χ2n) is 6.87. The van der Waals surface area contributed by atoms with Crippen LogP contribution in [-0.4, -0.2) is 18.8 Å². The Morgan fingerprint density at radius 3 is 2.28 bits per heavy atom. The molecule has 0 aromatic heterocycles. The van der Waals surface area contributed by atoms with Gasteiger partial charge in [-0.2, -0.15) is 0 Å². The van der Waals surface area contributed by atoms with Crippen LogP contribution in [0.3, 0.4) is 0 Å². The molecule has 0 saturated heterocycles. The minimum Gasteiger partial charge on any atom is -0.491 e. The Morgan fingerprint density at radius 1 is 0.880 bits per heavy atom. The first-order valence-corrected chi connectivity index (χ1v) is 9.25. The van der Waals surface area contributed by atoms with E-state index in [0.717, 1.165) is 37.4 Å². The van der Waals surface area contributed by atoms with E-state index in [4.69, 9.17) is 9.47 Å². The van der Waals surface area contributed by atoms with Crippen molar-refractivity contribution in [3.05, 3.63) is 59.7 Å². The van der Waals surface area contributed by atoms with Gasteiger partial charge in [0.1, 0.15) is 11.5 Å². The third-order valence-corrected chi connectivity index (χ3v) is 3.75. The predicted molar refractivity (Wildman–Crippen MR) is 104 cm³/mol. The van der Waals surface area contributed by atoms with E-state index in [1.165, 1.54) is 11.1 Å².